The molecule has 26 heavy (non-hydrogen) atoms. The van der Waals surface area contributed by atoms with E-state index in [-0.39, 0.29) is 19.1 Å². The Morgan fingerprint density at radius 2 is 2.04 bits per heavy atom. The van der Waals surface area contributed by atoms with E-state index in [2.05, 4.69) is 10.3 Å². The molecule has 8 heteroatoms. The Kier molecular flexibility index (Phi) is 5.65. The number of methoxy groups -OCH3 is 1. The summed E-state index contributed by atoms with van der Waals surface area (Å²) in [6.07, 6.45) is 1.44. The van der Waals surface area contributed by atoms with E-state index in [0.717, 1.165) is 4.88 Å². The lowest BCUT2D eigenvalue weighted by atomic mass is 10.2. The van der Waals surface area contributed by atoms with Crippen LogP contribution in [0.25, 0.3) is 10.8 Å². The second-order valence-corrected chi connectivity index (χ2v) is 6.14. The Balaban J connectivity index is 1.44. The molecule has 2 heterocycles. The van der Waals surface area contributed by atoms with Gasteiger partial charge >= 0.3 is 5.97 Å². The van der Waals surface area contributed by atoms with E-state index in [1.54, 1.807) is 31.4 Å². The lowest BCUT2D eigenvalue weighted by molar-refractivity contribution is -0.143. The van der Waals surface area contributed by atoms with Crippen LogP contribution in [0.4, 0.5) is 0 Å². The topological polar surface area (TPSA) is 90.7 Å². The Labute approximate surface area is 153 Å². The van der Waals surface area contributed by atoms with Crippen LogP contribution in [0.15, 0.2) is 52.5 Å². The Morgan fingerprint density at radius 3 is 2.73 bits per heavy atom. The van der Waals surface area contributed by atoms with E-state index in [1.165, 1.54) is 17.6 Å². The molecular weight excluding hydrogens is 356 g/mol. The van der Waals surface area contributed by atoms with Crippen LogP contribution in [-0.4, -0.2) is 30.5 Å². The van der Waals surface area contributed by atoms with Gasteiger partial charge in [-0.3, -0.25) is 9.59 Å². The molecule has 1 aromatic carbocycles. The Hall–Kier alpha value is -3.13. The quantitative estimate of drug-likeness (QED) is 0.641. The predicted molar refractivity (Wildman–Crippen MR) is 94.9 cm³/mol. The fourth-order valence-corrected chi connectivity index (χ4v) is 2.74. The second-order valence-electron chi connectivity index (χ2n) is 5.19. The number of nitrogens with zero attached hydrogens (tertiary/aromatic N) is 1. The van der Waals surface area contributed by atoms with Crippen molar-refractivity contribution in [1.29, 1.82) is 0 Å². The maximum absolute atomic E-state index is 12.0. The zero-order valence-corrected chi connectivity index (χ0v) is 14.7. The molecule has 7 nitrogen and oxygen atoms in total. The van der Waals surface area contributed by atoms with Crippen LogP contribution in [-0.2, 0) is 16.1 Å². The van der Waals surface area contributed by atoms with Crippen molar-refractivity contribution in [1.82, 2.24) is 10.3 Å². The van der Waals surface area contributed by atoms with Gasteiger partial charge in [-0.25, -0.2) is 4.98 Å². The summed E-state index contributed by atoms with van der Waals surface area (Å²) >= 11 is 1.51. The molecule has 2 aromatic heterocycles. The van der Waals surface area contributed by atoms with E-state index in [9.17, 15) is 9.59 Å². The van der Waals surface area contributed by atoms with Gasteiger partial charge in [0.1, 0.15) is 30.9 Å². The molecular formula is C18H16N2O5S. The maximum Gasteiger partial charge on any atom is 0.325 e. The average Bonchev–Trinajstić information content (AvgIpc) is 3.36. The molecule has 3 aromatic rings. The van der Waals surface area contributed by atoms with Crippen molar-refractivity contribution >= 4 is 23.2 Å². The number of carbonyl (C=O) groups excluding carboxylic acids is 2. The van der Waals surface area contributed by atoms with Crippen molar-refractivity contribution in [2.24, 2.45) is 0 Å². The molecule has 0 aliphatic carbocycles. The normalized spacial score (nSPS) is 10.3. The summed E-state index contributed by atoms with van der Waals surface area (Å²) < 4.78 is 15.5. The van der Waals surface area contributed by atoms with Crippen molar-refractivity contribution in [3.05, 3.63) is 59.3 Å². The summed E-state index contributed by atoms with van der Waals surface area (Å²) in [4.78, 5) is 28.9. The molecule has 0 atom stereocenters. The lowest BCUT2D eigenvalue weighted by Gasteiger charge is -2.06. The van der Waals surface area contributed by atoms with Crippen LogP contribution in [0.5, 0.6) is 5.75 Å². The first-order valence-corrected chi connectivity index (χ1v) is 8.60. The van der Waals surface area contributed by atoms with Crippen LogP contribution >= 0.6 is 11.3 Å². The highest BCUT2D eigenvalue weighted by atomic mass is 32.1. The van der Waals surface area contributed by atoms with E-state index >= 15 is 0 Å². The summed E-state index contributed by atoms with van der Waals surface area (Å²) in [5.74, 6) is 0.202. The summed E-state index contributed by atoms with van der Waals surface area (Å²) in [7, 11) is 1.54. The van der Waals surface area contributed by atoms with Crippen LogP contribution < -0.4 is 10.1 Å². The number of ether oxygens (including phenoxy) is 2. The van der Waals surface area contributed by atoms with Crippen molar-refractivity contribution in [2.45, 2.75) is 6.61 Å². The number of amides is 1. The molecule has 0 fully saturated rings. The van der Waals surface area contributed by atoms with Crippen LogP contribution in [0.1, 0.15) is 16.1 Å². The minimum Gasteiger partial charge on any atom is -0.497 e. The molecule has 0 spiro atoms. The zero-order chi connectivity index (χ0) is 18.4. The van der Waals surface area contributed by atoms with Gasteiger partial charge < -0.3 is 19.2 Å². The molecule has 0 saturated carbocycles. The molecule has 0 saturated heterocycles. The molecule has 0 bridgehead atoms. The van der Waals surface area contributed by atoms with Crippen LogP contribution in [0.2, 0.25) is 0 Å². The molecule has 1 N–H and O–H groups in total. The fourth-order valence-electron chi connectivity index (χ4n) is 2.09. The molecule has 134 valence electrons. The zero-order valence-electron chi connectivity index (χ0n) is 13.9. The van der Waals surface area contributed by atoms with Crippen molar-refractivity contribution in [3.8, 4) is 16.5 Å². The summed E-state index contributed by atoms with van der Waals surface area (Å²) in [5, 5.41) is 4.42. The third-order valence-corrected chi connectivity index (χ3v) is 4.27. The largest absolute Gasteiger partial charge is 0.497 e. The Bertz CT molecular complexity index is 871. The lowest BCUT2D eigenvalue weighted by Crippen LogP contribution is -2.30. The first-order chi connectivity index (χ1) is 12.7. The third-order valence-electron chi connectivity index (χ3n) is 3.41. The number of nitrogens with one attached hydrogen (secondary N) is 1. The number of benzene rings is 1. The molecule has 3 rings (SSSR count). The van der Waals surface area contributed by atoms with Gasteiger partial charge in [0.2, 0.25) is 5.89 Å². The smallest absolute Gasteiger partial charge is 0.325 e. The van der Waals surface area contributed by atoms with Crippen molar-refractivity contribution in [3.63, 3.8) is 0 Å². The monoisotopic (exact) mass is 372 g/mol. The third kappa shape index (κ3) is 4.48. The van der Waals surface area contributed by atoms with E-state index < -0.39 is 5.97 Å². The second kappa shape index (κ2) is 8.30. The van der Waals surface area contributed by atoms with Gasteiger partial charge in [-0.2, -0.15) is 0 Å². The predicted octanol–water partition coefficient (Wildman–Crippen LogP) is 2.88. The summed E-state index contributed by atoms with van der Waals surface area (Å²) in [6.45, 7) is -0.257. The van der Waals surface area contributed by atoms with Gasteiger partial charge in [-0.1, -0.05) is 6.07 Å². The van der Waals surface area contributed by atoms with Crippen molar-refractivity contribution in [2.75, 3.05) is 13.7 Å². The number of rotatable bonds is 7. The number of esters is 1. The number of hydrogen-bond donors (Lipinski definition) is 1. The number of oxazole rings is 1. The first-order valence-electron chi connectivity index (χ1n) is 7.72. The van der Waals surface area contributed by atoms with Crippen LogP contribution in [0, 0.1) is 0 Å². The standard InChI is InChI=1S/C18H16N2O5S/c1-23-14-6-4-12(5-7-14)17(22)19-9-16(21)24-10-13-11-25-18(20-13)15-3-2-8-26-15/h2-8,11H,9-10H2,1H3,(H,19,22). The molecule has 0 aliphatic rings. The molecule has 0 aliphatic heterocycles. The number of carbonyl (C=O) groups is 2. The van der Waals surface area contributed by atoms with Crippen LogP contribution in [0.3, 0.4) is 0 Å². The molecule has 0 unspecified atom stereocenters. The highest BCUT2D eigenvalue weighted by Gasteiger charge is 2.12. The van der Waals surface area contributed by atoms with Gasteiger partial charge in [-0.05, 0) is 35.7 Å². The maximum atomic E-state index is 12.0. The summed E-state index contributed by atoms with van der Waals surface area (Å²) in [5.41, 5.74) is 0.930. The van der Waals surface area contributed by atoms with E-state index in [4.69, 9.17) is 13.9 Å². The minimum atomic E-state index is -0.562. The Morgan fingerprint density at radius 1 is 1.23 bits per heavy atom. The van der Waals surface area contributed by atoms with E-state index in [0.29, 0.717) is 22.9 Å². The number of hydrogen-bond acceptors (Lipinski definition) is 7. The van der Waals surface area contributed by atoms with Gasteiger partial charge in [0.15, 0.2) is 0 Å². The van der Waals surface area contributed by atoms with Gasteiger partial charge in [-0.15, -0.1) is 11.3 Å². The van der Waals surface area contributed by atoms with Gasteiger partial charge in [0, 0.05) is 5.56 Å². The SMILES string of the molecule is COc1ccc(C(=O)NCC(=O)OCc2coc(-c3cccs3)n2)cc1. The van der Waals surface area contributed by atoms with E-state index in [1.807, 2.05) is 17.5 Å². The highest BCUT2D eigenvalue weighted by molar-refractivity contribution is 7.13. The highest BCUT2D eigenvalue weighted by Crippen LogP contribution is 2.23. The van der Waals surface area contributed by atoms with Gasteiger partial charge in [0.25, 0.3) is 5.91 Å². The summed E-state index contributed by atoms with van der Waals surface area (Å²) in [6, 6.07) is 10.4. The van der Waals surface area contributed by atoms with Crippen molar-refractivity contribution < 1.29 is 23.5 Å². The molecule has 1 amide bonds. The first kappa shape index (κ1) is 17.7. The molecule has 0 radical (unpaired) electrons. The number of thiophene rings is 1. The number of aromatic nitrogens is 1. The minimum absolute atomic E-state index is 0.0217. The van der Waals surface area contributed by atoms with Gasteiger partial charge in [0.05, 0.1) is 12.0 Å². The fraction of sp³-hybridized carbons (Fsp3) is 0.167. The average molecular weight is 372 g/mol.